The van der Waals surface area contributed by atoms with Crippen LogP contribution in [0.5, 0.6) is 0 Å². The van der Waals surface area contributed by atoms with Crippen LogP contribution in [0.15, 0.2) is 29.8 Å². The predicted octanol–water partition coefficient (Wildman–Crippen LogP) is 3.48. The average molecular weight is 247 g/mol. The van der Waals surface area contributed by atoms with Gasteiger partial charge in [0.2, 0.25) is 0 Å². The molecule has 0 radical (unpaired) electrons. The molecular weight excluding hydrogens is 222 g/mol. The minimum absolute atomic E-state index is 0.673. The minimum Gasteiger partial charge on any atom is -0.380 e. The van der Waals surface area contributed by atoms with E-state index in [1.54, 1.807) is 7.11 Å². The number of hydrogen-bond donors (Lipinski definition) is 1. The van der Waals surface area contributed by atoms with Crippen molar-refractivity contribution in [2.75, 3.05) is 20.2 Å². The van der Waals surface area contributed by atoms with E-state index in [9.17, 15) is 0 Å². The lowest BCUT2D eigenvalue weighted by Crippen LogP contribution is -2.21. The Kier molecular flexibility index (Phi) is 6.69. The molecule has 0 aliphatic heterocycles. The number of hydrogen-bond acceptors (Lipinski definition) is 2. The normalized spacial score (nSPS) is 12.2. The van der Waals surface area contributed by atoms with Crippen LogP contribution in [0.3, 0.4) is 0 Å². The van der Waals surface area contributed by atoms with Gasteiger partial charge in [0.1, 0.15) is 0 Å². The van der Waals surface area contributed by atoms with Crippen LogP contribution < -0.4 is 5.32 Å². The monoisotopic (exact) mass is 247 g/mol. The highest BCUT2D eigenvalue weighted by molar-refractivity contribution is 5.53. The second-order valence-electron chi connectivity index (χ2n) is 5.19. The zero-order valence-corrected chi connectivity index (χ0v) is 12.0. The molecule has 1 N–H and O–H groups in total. The maximum Gasteiger partial charge on any atom is 0.0713 e. The van der Waals surface area contributed by atoms with Gasteiger partial charge >= 0.3 is 0 Å². The van der Waals surface area contributed by atoms with Gasteiger partial charge in [-0.1, -0.05) is 43.7 Å². The van der Waals surface area contributed by atoms with Gasteiger partial charge in [0, 0.05) is 13.7 Å². The molecule has 0 aliphatic carbocycles. The molecule has 2 nitrogen and oxygen atoms in total. The summed E-state index contributed by atoms with van der Waals surface area (Å²) in [7, 11) is 1.73. The van der Waals surface area contributed by atoms with E-state index >= 15 is 0 Å². The zero-order chi connectivity index (χ0) is 13.4. The van der Waals surface area contributed by atoms with E-state index in [-0.39, 0.29) is 0 Å². The fraction of sp³-hybridized carbons (Fsp3) is 0.500. The Morgan fingerprint density at radius 2 is 2.17 bits per heavy atom. The molecule has 1 aromatic rings. The summed E-state index contributed by atoms with van der Waals surface area (Å²) < 4.78 is 5.15. The molecule has 0 fully saturated rings. The minimum atomic E-state index is 0.673. The van der Waals surface area contributed by atoms with Crippen LogP contribution in [-0.2, 0) is 11.3 Å². The van der Waals surface area contributed by atoms with Gasteiger partial charge in [-0.3, -0.25) is 0 Å². The Morgan fingerprint density at radius 3 is 2.83 bits per heavy atom. The standard InChI is InChI=1S/C16H25NO/c1-13(2)10-17-11-14(3)8-15-6-5-7-16(9-15)12-18-4/h5-9,13,17H,10-12H2,1-4H3. The van der Waals surface area contributed by atoms with E-state index in [2.05, 4.69) is 56.4 Å². The van der Waals surface area contributed by atoms with Crippen LogP contribution in [0.2, 0.25) is 0 Å². The Morgan fingerprint density at radius 1 is 1.39 bits per heavy atom. The molecule has 0 spiro atoms. The number of nitrogens with one attached hydrogen (secondary N) is 1. The fourth-order valence-corrected chi connectivity index (χ4v) is 1.83. The Labute approximate surface area is 111 Å². The molecule has 0 atom stereocenters. The average Bonchev–Trinajstić information content (AvgIpc) is 2.29. The molecule has 0 heterocycles. The molecule has 0 saturated carbocycles. The molecule has 0 saturated heterocycles. The van der Waals surface area contributed by atoms with Crippen molar-refractivity contribution in [2.24, 2.45) is 5.92 Å². The molecule has 100 valence electrons. The molecule has 0 bridgehead atoms. The van der Waals surface area contributed by atoms with Crippen LogP contribution in [0.25, 0.3) is 6.08 Å². The van der Waals surface area contributed by atoms with Crippen LogP contribution in [0, 0.1) is 5.92 Å². The first-order valence-electron chi connectivity index (χ1n) is 6.57. The number of benzene rings is 1. The van der Waals surface area contributed by atoms with Gasteiger partial charge in [0.15, 0.2) is 0 Å². The van der Waals surface area contributed by atoms with Gasteiger partial charge in [-0.2, -0.15) is 0 Å². The lowest BCUT2D eigenvalue weighted by atomic mass is 10.1. The van der Waals surface area contributed by atoms with Crippen molar-refractivity contribution in [3.05, 3.63) is 41.0 Å². The largest absolute Gasteiger partial charge is 0.380 e. The number of ether oxygens (including phenoxy) is 1. The molecular formula is C16H25NO. The summed E-state index contributed by atoms with van der Waals surface area (Å²) in [6.45, 7) is 9.30. The van der Waals surface area contributed by atoms with Gasteiger partial charge in [0.25, 0.3) is 0 Å². The van der Waals surface area contributed by atoms with Crippen LogP contribution in [-0.4, -0.2) is 20.2 Å². The number of methoxy groups -OCH3 is 1. The summed E-state index contributed by atoms with van der Waals surface area (Å²) in [5, 5.41) is 3.45. The molecule has 18 heavy (non-hydrogen) atoms. The third-order valence-electron chi connectivity index (χ3n) is 2.63. The summed E-state index contributed by atoms with van der Waals surface area (Å²) >= 11 is 0. The molecule has 0 unspecified atom stereocenters. The van der Waals surface area contributed by atoms with Crippen molar-refractivity contribution in [1.82, 2.24) is 5.32 Å². The summed E-state index contributed by atoms with van der Waals surface area (Å²) in [6, 6.07) is 8.47. The van der Waals surface area contributed by atoms with E-state index in [1.807, 2.05) is 0 Å². The lowest BCUT2D eigenvalue weighted by molar-refractivity contribution is 0.185. The molecule has 1 aromatic carbocycles. The van der Waals surface area contributed by atoms with Crippen LogP contribution in [0.4, 0.5) is 0 Å². The first kappa shape index (κ1) is 14.9. The molecule has 1 rings (SSSR count). The SMILES string of the molecule is COCc1cccc(C=C(C)CNCC(C)C)c1. The van der Waals surface area contributed by atoms with E-state index in [0.29, 0.717) is 12.5 Å². The van der Waals surface area contributed by atoms with Gasteiger partial charge in [-0.25, -0.2) is 0 Å². The summed E-state index contributed by atoms with van der Waals surface area (Å²) in [6.07, 6.45) is 2.23. The highest BCUT2D eigenvalue weighted by Gasteiger charge is 1.96. The van der Waals surface area contributed by atoms with E-state index < -0.39 is 0 Å². The third kappa shape index (κ3) is 5.99. The van der Waals surface area contributed by atoms with E-state index in [0.717, 1.165) is 13.1 Å². The quantitative estimate of drug-likeness (QED) is 0.796. The van der Waals surface area contributed by atoms with Gasteiger partial charge < -0.3 is 10.1 Å². The Balaban J connectivity index is 2.55. The highest BCUT2D eigenvalue weighted by atomic mass is 16.5. The van der Waals surface area contributed by atoms with Crippen molar-refractivity contribution in [3.8, 4) is 0 Å². The van der Waals surface area contributed by atoms with Crippen molar-refractivity contribution in [3.63, 3.8) is 0 Å². The third-order valence-corrected chi connectivity index (χ3v) is 2.63. The van der Waals surface area contributed by atoms with Gasteiger partial charge in [0.05, 0.1) is 6.61 Å². The number of rotatable bonds is 7. The second kappa shape index (κ2) is 8.06. The van der Waals surface area contributed by atoms with E-state index in [1.165, 1.54) is 16.7 Å². The fourth-order valence-electron chi connectivity index (χ4n) is 1.83. The van der Waals surface area contributed by atoms with E-state index in [4.69, 9.17) is 4.74 Å². The van der Waals surface area contributed by atoms with Crippen LogP contribution >= 0.6 is 0 Å². The summed E-state index contributed by atoms with van der Waals surface area (Å²) in [5.41, 5.74) is 3.81. The first-order chi connectivity index (χ1) is 8.61. The van der Waals surface area contributed by atoms with Crippen LogP contribution in [0.1, 0.15) is 31.9 Å². The Hall–Kier alpha value is -1.12. The molecule has 0 aliphatic rings. The maximum atomic E-state index is 5.15. The van der Waals surface area contributed by atoms with Crippen molar-refractivity contribution in [1.29, 1.82) is 0 Å². The first-order valence-corrected chi connectivity index (χ1v) is 6.57. The smallest absolute Gasteiger partial charge is 0.0713 e. The molecule has 0 aromatic heterocycles. The molecule has 2 heteroatoms. The topological polar surface area (TPSA) is 21.3 Å². The lowest BCUT2D eigenvalue weighted by Gasteiger charge is -2.08. The highest BCUT2D eigenvalue weighted by Crippen LogP contribution is 2.10. The summed E-state index contributed by atoms with van der Waals surface area (Å²) in [4.78, 5) is 0. The van der Waals surface area contributed by atoms with Crippen molar-refractivity contribution in [2.45, 2.75) is 27.4 Å². The van der Waals surface area contributed by atoms with Gasteiger partial charge in [-0.05, 0) is 36.6 Å². The Bertz CT molecular complexity index is 382. The van der Waals surface area contributed by atoms with Crippen molar-refractivity contribution < 1.29 is 4.74 Å². The molecule has 0 amide bonds. The van der Waals surface area contributed by atoms with Gasteiger partial charge in [-0.15, -0.1) is 0 Å². The maximum absolute atomic E-state index is 5.15. The predicted molar refractivity (Wildman–Crippen MR) is 78.5 cm³/mol. The van der Waals surface area contributed by atoms with Crippen molar-refractivity contribution >= 4 is 6.08 Å². The second-order valence-corrected chi connectivity index (χ2v) is 5.19. The summed E-state index contributed by atoms with van der Waals surface area (Å²) in [5.74, 6) is 0.697. The zero-order valence-electron chi connectivity index (χ0n) is 12.0.